The summed E-state index contributed by atoms with van der Waals surface area (Å²) in [6.45, 7) is 3.27. The van der Waals surface area contributed by atoms with Crippen LogP contribution in [0.1, 0.15) is 58.9 Å². The van der Waals surface area contributed by atoms with E-state index in [9.17, 15) is 9.59 Å². The number of imidazole rings is 1. The van der Waals surface area contributed by atoms with Crippen molar-refractivity contribution in [2.24, 2.45) is 5.73 Å². The van der Waals surface area contributed by atoms with Crippen LogP contribution in [0, 0.1) is 11.8 Å². The third-order valence-electron chi connectivity index (χ3n) is 7.14. The summed E-state index contributed by atoms with van der Waals surface area (Å²) in [5, 5.41) is 3.49. The number of amides is 2. The molecule has 1 aliphatic rings. The lowest BCUT2D eigenvalue weighted by Crippen LogP contribution is -2.37. The molecule has 1 atom stereocenters. The zero-order chi connectivity index (χ0) is 28.9. The Morgan fingerprint density at radius 3 is 2.49 bits per heavy atom. The number of hydrogen-bond acceptors (Lipinski definition) is 6. The molecular formula is C31H30ClN7O2. The van der Waals surface area contributed by atoms with Crippen molar-refractivity contribution in [3.8, 4) is 34.2 Å². The maximum Gasteiger partial charge on any atom is 0.269 e. The van der Waals surface area contributed by atoms with Gasteiger partial charge in [0.25, 0.3) is 11.8 Å². The highest BCUT2D eigenvalue weighted by Gasteiger charge is 2.31. The molecule has 208 valence electrons. The van der Waals surface area contributed by atoms with Crippen LogP contribution in [-0.2, 0) is 0 Å². The molecule has 3 heterocycles. The van der Waals surface area contributed by atoms with Crippen LogP contribution in [0.5, 0.6) is 0 Å². The van der Waals surface area contributed by atoms with Crippen LogP contribution in [-0.4, -0.2) is 44.4 Å². The Morgan fingerprint density at radius 1 is 1.05 bits per heavy atom. The number of nitrogens with one attached hydrogen (secondary N) is 1. The maximum absolute atomic E-state index is 13.0. The van der Waals surface area contributed by atoms with Crippen molar-refractivity contribution < 1.29 is 9.59 Å². The highest BCUT2D eigenvalue weighted by molar-refractivity contribution is 6.30. The van der Waals surface area contributed by atoms with Crippen molar-refractivity contribution in [3.05, 3.63) is 89.0 Å². The highest BCUT2D eigenvalue weighted by Crippen LogP contribution is 2.33. The first kappa shape index (κ1) is 27.9. The van der Waals surface area contributed by atoms with E-state index in [1.54, 1.807) is 36.5 Å². The number of benzene rings is 2. The molecule has 1 fully saturated rings. The SMILES string of the molecule is CC#CCN1CCCCC1c1nc(-c2ccc(C(=O)Nc3cc(-c4ccc(Cl)cc4)ccn3)cc2)c(C(N)=O)n1N. The normalized spacial score (nSPS) is 15.1. The maximum atomic E-state index is 13.0. The molecule has 2 amide bonds. The number of pyridine rings is 1. The molecule has 0 aliphatic carbocycles. The third kappa shape index (κ3) is 6.09. The molecule has 10 heteroatoms. The van der Waals surface area contributed by atoms with E-state index in [0.717, 1.165) is 36.9 Å². The molecule has 1 unspecified atom stereocenters. The molecule has 2 aromatic heterocycles. The lowest BCUT2D eigenvalue weighted by atomic mass is 10.0. The van der Waals surface area contributed by atoms with E-state index in [1.165, 1.54) is 4.68 Å². The minimum atomic E-state index is -0.676. The zero-order valence-corrected chi connectivity index (χ0v) is 23.4. The zero-order valence-electron chi connectivity index (χ0n) is 22.6. The number of likely N-dealkylation sites (tertiary alicyclic amines) is 1. The van der Waals surface area contributed by atoms with Gasteiger partial charge in [0.2, 0.25) is 0 Å². The number of halogens is 1. The monoisotopic (exact) mass is 567 g/mol. The van der Waals surface area contributed by atoms with E-state index in [1.807, 2.05) is 37.3 Å². The molecular weight excluding hydrogens is 538 g/mol. The van der Waals surface area contributed by atoms with Crippen LogP contribution in [0.4, 0.5) is 5.82 Å². The van der Waals surface area contributed by atoms with Gasteiger partial charge < -0.3 is 16.9 Å². The number of nitrogens with two attached hydrogens (primary N) is 2. The van der Waals surface area contributed by atoms with E-state index in [0.29, 0.717) is 40.0 Å². The Labute approximate surface area is 243 Å². The Morgan fingerprint density at radius 2 is 1.78 bits per heavy atom. The first-order chi connectivity index (χ1) is 19.9. The van der Waals surface area contributed by atoms with Crippen LogP contribution in [0.25, 0.3) is 22.4 Å². The number of nitrogen functional groups attached to an aromatic ring is 1. The molecule has 5 N–H and O–H groups in total. The second kappa shape index (κ2) is 12.3. The quantitative estimate of drug-likeness (QED) is 0.215. The second-order valence-corrected chi connectivity index (χ2v) is 10.2. The van der Waals surface area contributed by atoms with Crippen LogP contribution >= 0.6 is 11.6 Å². The Bertz CT molecular complexity index is 1640. The molecule has 0 spiro atoms. The van der Waals surface area contributed by atoms with Crippen molar-refractivity contribution in [3.63, 3.8) is 0 Å². The van der Waals surface area contributed by atoms with E-state index < -0.39 is 5.91 Å². The summed E-state index contributed by atoms with van der Waals surface area (Å²) < 4.78 is 1.31. The van der Waals surface area contributed by atoms with E-state index in [4.69, 9.17) is 28.2 Å². The van der Waals surface area contributed by atoms with Crippen molar-refractivity contribution in [2.45, 2.75) is 32.2 Å². The molecule has 0 radical (unpaired) electrons. The number of hydrogen-bond donors (Lipinski definition) is 3. The van der Waals surface area contributed by atoms with Crippen LogP contribution in [0.3, 0.4) is 0 Å². The van der Waals surface area contributed by atoms with Crippen LogP contribution in [0.15, 0.2) is 66.9 Å². The van der Waals surface area contributed by atoms with Gasteiger partial charge in [-0.25, -0.2) is 14.6 Å². The molecule has 41 heavy (non-hydrogen) atoms. The van der Waals surface area contributed by atoms with E-state index in [-0.39, 0.29) is 17.6 Å². The van der Waals surface area contributed by atoms with Gasteiger partial charge >= 0.3 is 0 Å². The van der Waals surface area contributed by atoms with Crippen molar-refractivity contribution >= 4 is 29.2 Å². The first-order valence-corrected chi connectivity index (χ1v) is 13.7. The summed E-state index contributed by atoms with van der Waals surface area (Å²) in [6.07, 6.45) is 4.57. The Hall–Kier alpha value is -4.65. The van der Waals surface area contributed by atoms with Crippen LogP contribution in [0.2, 0.25) is 5.02 Å². The molecule has 0 bridgehead atoms. The van der Waals surface area contributed by atoms with Gasteiger partial charge in [-0.1, -0.05) is 48.2 Å². The summed E-state index contributed by atoms with van der Waals surface area (Å²) >= 11 is 6.00. The number of nitrogens with zero attached hydrogens (tertiary/aromatic N) is 4. The molecule has 9 nitrogen and oxygen atoms in total. The van der Waals surface area contributed by atoms with Crippen LogP contribution < -0.4 is 16.9 Å². The van der Waals surface area contributed by atoms with E-state index >= 15 is 0 Å². The van der Waals surface area contributed by atoms with Gasteiger partial charge in [0.05, 0.1) is 12.6 Å². The minimum Gasteiger partial charge on any atom is -0.364 e. The topological polar surface area (TPSA) is 132 Å². The summed E-state index contributed by atoms with van der Waals surface area (Å²) in [6, 6.07) is 17.8. The average Bonchev–Trinajstić information content (AvgIpc) is 3.33. The number of primary amides is 1. The molecule has 2 aromatic carbocycles. The van der Waals surface area contributed by atoms with Gasteiger partial charge in [-0.2, -0.15) is 0 Å². The number of carbonyl (C=O) groups is 2. The first-order valence-electron chi connectivity index (χ1n) is 13.3. The number of aromatic nitrogens is 3. The predicted molar refractivity (Wildman–Crippen MR) is 161 cm³/mol. The fourth-order valence-electron chi connectivity index (χ4n) is 5.06. The molecule has 1 saturated heterocycles. The van der Waals surface area contributed by atoms with Gasteiger partial charge in [0.15, 0.2) is 5.69 Å². The average molecular weight is 568 g/mol. The Balaban J connectivity index is 1.38. The molecule has 1 aliphatic heterocycles. The van der Waals surface area contributed by atoms with Gasteiger partial charge in [-0.15, -0.1) is 5.92 Å². The second-order valence-electron chi connectivity index (χ2n) is 9.78. The third-order valence-corrected chi connectivity index (χ3v) is 7.39. The lowest BCUT2D eigenvalue weighted by Gasteiger charge is -2.33. The summed E-state index contributed by atoms with van der Waals surface area (Å²) in [5.74, 6) is 12.4. The van der Waals surface area contributed by atoms with Gasteiger partial charge in [-0.05, 0) is 73.8 Å². The smallest absolute Gasteiger partial charge is 0.269 e. The molecule has 0 saturated carbocycles. The lowest BCUT2D eigenvalue weighted by molar-refractivity contribution is 0.0990. The summed E-state index contributed by atoms with van der Waals surface area (Å²) in [7, 11) is 0. The van der Waals surface area contributed by atoms with E-state index in [2.05, 4.69) is 27.0 Å². The van der Waals surface area contributed by atoms with Crippen molar-refractivity contribution in [1.82, 2.24) is 19.5 Å². The van der Waals surface area contributed by atoms with Crippen molar-refractivity contribution in [1.29, 1.82) is 0 Å². The number of piperidine rings is 1. The number of rotatable bonds is 7. The molecule has 5 rings (SSSR count). The highest BCUT2D eigenvalue weighted by atomic mass is 35.5. The summed E-state index contributed by atoms with van der Waals surface area (Å²) in [5.41, 5.74) is 9.13. The fraction of sp³-hybridized carbons (Fsp3) is 0.226. The van der Waals surface area contributed by atoms with Gasteiger partial charge in [0.1, 0.15) is 17.3 Å². The van der Waals surface area contributed by atoms with Crippen molar-refractivity contribution in [2.75, 3.05) is 24.2 Å². The van der Waals surface area contributed by atoms with Gasteiger partial charge in [0, 0.05) is 22.3 Å². The predicted octanol–water partition coefficient (Wildman–Crippen LogP) is 4.88. The molecule has 4 aromatic rings. The largest absolute Gasteiger partial charge is 0.364 e. The minimum absolute atomic E-state index is 0.0809. The fourth-order valence-corrected chi connectivity index (χ4v) is 5.19. The number of carbonyl (C=O) groups excluding carboxylic acids is 2. The number of anilines is 1. The van der Waals surface area contributed by atoms with Gasteiger partial charge in [-0.3, -0.25) is 14.5 Å². The Kier molecular flexibility index (Phi) is 8.34. The standard InChI is InChI=1S/C31H30ClN7O2/c1-2-3-17-38-18-5-4-6-25(38)30-37-27(28(29(33)40)39(30)34)21-7-9-22(10-8-21)31(41)36-26-19-23(15-16-35-26)20-11-13-24(32)14-12-20/h7-16,19,25H,4-6,17-18,34H2,1H3,(H2,33,40)(H,35,36,41). The summed E-state index contributed by atoms with van der Waals surface area (Å²) in [4.78, 5) is 36.8.